The van der Waals surface area contributed by atoms with E-state index in [0.29, 0.717) is 12.6 Å². The van der Waals surface area contributed by atoms with Gasteiger partial charge >= 0.3 is 0 Å². The van der Waals surface area contributed by atoms with Crippen molar-refractivity contribution in [3.8, 4) is 0 Å². The zero-order valence-electron chi connectivity index (χ0n) is 9.08. The molecule has 1 atom stereocenters. The van der Waals surface area contributed by atoms with Crippen molar-refractivity contribution in [3.05, 3.63) is 20.8 Å². The molecule has 0 radical (unpaired) electrons. The molecule has 1 amide bonds. The molecule has 0 saturated heterocycles. The molecular weight excluding hydrogens is 276 g/mol. The van der Waals surface area contributed by atoms with Crippen molar-refractivity contribution in [2.45, 2.75) is 13.0 Å². The average Bonchev–Trinajstić information content (AvgIpc) is 2.60. The van der Waals surface area contributed by atoms with Gasteiger partial charge in [-0.3, -0.25) is 4.79 Å². The van der Waals surface area contributed by atoms with E-state index in [9.17, 15) is 4.79 Å². The maximum Gasteiger partial charge on any atom is 0.262 e. The number of carbonyl (C=O) groups is 1. The summed E-state index contributed by atoms with van der Waals surface area (Å²) in [5, 5.41) is 4.80. The minimum atomic E-state index is -0.00873. The summed E-state index contributed by atoms with van der Waals surface area (Å²) < 4.78 is 0.863. The second-order valence-electron chi connectivity index (χ2n) is 3.62. The van der Waals surface area contributed by atoms with Gasteiger partial charge in [-0.2, -0.15) is 0 Å². The number of carbonyl (C=O) groups excluding carboxylic acids is 1. The number of nitrogens with one attached hydrogen (secondary N) is 1. The van der Waals surface area contributed by atoms with Gasteiger partial charge in [0.2, 0.25) is 0 Å². The largest absolute Gasteiger partial charge is 0.350 e. The summed E-state index contributed by atoms with van der Waals surface area (Å²) in [7, 11) is 4.00. The molecule has 0 aromatic carbocycles. The molecule has 15 heavy (non-hydrogen) atoms. The van der Waals surface area contributed by atoms with Gasteiger partial charge in [-0.15, -0.1) is 11.3 Å². The second-order valence-corrected chi connectivity index (χ2v) is 5.39. The fourth-order valence-corrected chi connectivity index (χ4v) is 2.43. The maximum absolute atomic E-state index is 11.7. The Hall–Kier alpha value is -0.390. The molecule has 84 valence electrons. The Kier molecular flexibility index (Phi) is 4.76. The monoisotopic (exact) mass is 290 g/mol. The van der Waals surface area contributed by atoms with Crippen LogP contribution in [-0.2, 0) is 0 Å². The molecule has 1 unspecified atom stereocenters. The molecule has 0 fully saturated rings. The van der Waals surface area contributed by atoms with Crippen LogP contribution in [0.1, 0.15) is 16.6 Å². The molecule has 0 aliphatic rings. The lowest BCUT2D eigenvalue weighted by Gasteiger charge is -2.19. The smallest absolute Gasteiger partial charge is 0.262 e. The summed E-state index contributed by atoms with van der Waals surface area (Å²) >= 11 is 4.79. The molecule has 1 aromatic heterocycles. The maximum atomic E-state index is 11.7. The van der Waals surface area contributed by atoms with Crippen molar-refractivity contribution in [2.24, 2.45) is 0 Å². The fraction of sp³-hybridized carbons (Fsp3) is 0.500. The average molecular weight is 291 g/mol. The molecule has 5 heteroatoms. The van der Waals surface area contributed by atoms with E-state index in [1.807, 2.05) is 25.5 Å². The predicted molar refractivity (Wildman–Crippen MR) is 67.5 cm³/mol. The summed E-state index contributed by atoms with van der Waals surface area (Å²) in [6, 6.07) is 2.22. The Balaban J connectivity index is 2.47. The minimum Gasteiger partial charge on any atom is -0.350 e. The number of hydrogen-bond donors (Lipinski definition) is 1. The number of nitrogens with zero attached hydrogens (tertiary/aromatic N) is 1. The Bertz CT molecular complexity index is 338. The lowest BCUT2D eigenvalue weighted by Crippen LogP contribution is -2.38. The summed E-state index contributed by atoms with van der Waals surface area (Å²) in [5.74, 6) is -0.00873. The van der Waals surface area contributed by atoms with Crippen molar-refractivity contribution in [1.29, 1.82) is 0 Å². The zero-order valence-corrected chi connectivity index (χ0v) is 11.5. The summed E-state index contributed by atoms with van der Waals surface area (Å²) in [4.78, 5) is 14.5. The highest BCUT2D eigenvalue weighted by molar-refractivity contribution is 9.10. The number of thiophene rings is 1. The SMILES string of the molecule is CC(CNC(=O)c1sccc1Br)N(C)C. The summed E-state index contributed by atoms with van der Waals surface area (Å²) in [6.07, 6.45) is 0. The number of rotatable bonds is 4. The molecule has 0 spiro atoms. The van der Waals surface area contributed by atoms with Crippen LogP contribution in [0.25, 0.3) is 0 Å². The van der Waals surface area contributed by atoms with Crippen LogP contribution >= 0.6 is 27.3 Å². The number of halogens is 1. The molecule has 1 heterocycles. The molecule has 0 aliphatic heterocycles. The van der Waals surface area contributed by atoms with Crippen LogP contribution in [-0.4, -0.2) is 37.5 Å². The third-order valence-electron chi connectivity index (χ3n) is 2.26. The van der Waals surface area contributed by atoms with E-state index < -0.39 is 0 Å². The molecule has 0 saturated carbocycles. The van der Waals surface area contributed by atoms with Crippen molar-refractivity contribution in [1.82, 2.24) is 10.2 Å². The van der Waals surface area contributed by atoms with Gasteiger partial charge < -0.3 is 10.2 Å². The first-order valence-corrected chi connectivity index (χ1v) is 6.37. The van der Waals surface area contributed by atoms with Crippen LogP contribution in [0.2, 0.25) is 0 Å². The van der Waals surface area contributed by atoms with Gasteiger partial charge in [0.1, 0.15) is 4.88 Å². The number of amides is 1. The van der Waals surface area contributed by atoms with Crippen LogP contribution in [0.15, 0.2) is 15.9 Å². The number of likely N-dealkylation sites (N-methyl/N-ethyl adjacent to an activating group) is 1. The topological polar surface area (TPSA) is 32.3 Å². The van der Waals surface area contributed by atoms with Gasteiger partial charge in [0.15, 0.2) is 0 Å². The first-order valence-electron chi connectivity index (χ1n) is 4.70. The summed E-state index contributed by atoms with van der Waals surface area (Å²) in [5.41, 5.74) is 0. The van der Waals surface area contributed by atoms with E-state index in [-0.39, 0.29) is 5.91 Å². The van der Waals surface area contributed by atoms with E-state index in [1.54, 1.807) is 0 Å². The highest BCUT2D eigenvalue weighted by Crippen LogP contribution is 2.22. The van der Waals surface area contributed by atoms with Gasteiger partial charge in [0.25, 0.3) is 5.91 Å². The molecule has 1 N–H and O–H groups in total. The van der Waals surface area contributed by atoms with E-state index in [0.717, 1.165) is 9.35 Å². The molecular formula is C10H15BrN2OS. The van der Waals surface area contributed by atoms with Crippen molar-refractivity contribution in [2.75, 3.05) is 20.6 Å². The highest BCUT2D eigenvalue weighted by Gasteiger charge is 2.12. The van der Waals surface area contributed by atoms with Crippen LogP contribution < -0.4 is 5.32 Å². The number of hydrogen-bond acceptors (Lipinski definition) is 3. The predicted octanol–water partition coefficient (Wildman–Crippen LogP) is 2.19. The first-order chi connectivity index (χ1) is 7.02. The first kappa shape index (κ1) is 12.7. The van der Waals surface area contributed by atoms with Gasteiger partial charge in [-0.05, 0) is 48.4 Å². The van der Waals surface area contributed by atoms with Crippen LogP contribution in [0, 0.1) is 0 Å². The van der Waals surface area contributed by atoms with Gasteiger partial charge in [0.05, 0.1) is 0 Å². The lowest BCUT2D eigenvalue weighted by atomic mass is 10.3. The second kappa shape index (κ2) is 5.63. The summed E-state index contributed by atoms with van der Waals surface area (Å²) in [6.45, 7) is 2.74. The Morgan fingerprint density at radius 3 is 2.80 bits per heavy atom. The standard InChI is InChI=1S/C10H15BrN2OS/c1-7(13(2)3)6-12-10(14)9-8(11)4-5-15-9/h4-5,7H,6H2,1-3H3,(H,12,14). The molecule has 1 aromatic rings. The Morgan fingerprint density at radius 1 is 1.67 bits per heavy atom. The molecule has 1 rings (SSSR count). The van der Waals surface area contributed by atoms with Crippen molar-refractivity contribution in [3.63, 3.8) is 0 Å². The fourth-order valence-electron chi connectivity index (χ4n) is 0.959. The third-order valence-corrected chi connectivity index (χ3v) is 4.10. The Labute approximate surface area is 103 Å². The molecule has 0 aliphatic carbocycles. The third kappa shape index (κ3) is 3.59. The highest BCUT2D eigenvalue weighted by atomic mass is 79.9. The Morgan fingerprint density at radius 2 is 2.33 bits per heavy atom. The quantitative estimate of drug-likeness (QED) is 0.922. The van der Waals surface area contributed by atoms with Crippen LogP contribution in [0.4, 0.5) is 0 Å². The van der Waals surface area contributed by atoms with E-state index >= 15 is 0 Å². The van der Waals surface area contributed by atoms with E-state index in [4.69, 9.17) is 0 Å². The van der Waals surface area contributed by atoms with Gasteiger partial charge in [0, 0.05) is 17.1 Å². The van der Waals surface area contributed by atoms with E-state index in [1.165, 1.54) is 11.3 Å². The minimum absolute atomic E-state index is 0.00873. The van der Waals surface area contributed by atoms with Gasteiger partial charge in [-0.25, -0.2) is 0 Å². The molecule has 3 nitrogen and oxygen atoms in total. The van der Waals surface area contributed by atoms with Crippen molar-refractivity contribution < 1.29 is 4.79 Å². The normalized spacial score (nSPS) is 12.9. The van der Waals surface area contributed by atoms with Gasteiger partial charge in [-0.1, -0.05) is 0 Å². The van der Waals surface area contributed by atoms with Crippen LogP contribution in [0.3, 0.4) is 0 Å². The molecule has 0 bridgehead atoms. The van der Waals surface area contributed by atoms with Crippen molar-refractivity contribution >= 4 is 33.2 Å². The van der Waals surface area contributed by atoms with E-state index in [2.05, 4.69) is 33.1 Å². The van der Waals surface area contributed by atoms with Crippen LogP contribution in [0.5, 0.6) is 0 Å². The lowest BCUT2D eigenvalue weighted by molar-refractivity contribution is 0.0947. The zero-order chi connectivity index (χ0) is 11.4.